The third-order valence-electron chi connectivity index (χ3n) is 4.28. The van der Waals surface area contributed by atoms with Crippen LogP contribution in [0.15, 0.2) is 62.4 Å². The van der Waals surface area contributed by atoms with Crippen LogP contribution in [0.3, 0.4) is 0 Å². The van der Waals surface area contributed by atoms with Crippen molar-refractivity contribution in [1.29, 1.82) is 0 Å². The van der Waals surface area contributed by atoms with Crippen LogP contribution >= 0.6 is 15.9 Å². The number of halogens is 1. The molecule has 0 unspecified atom stereocenters. The van der Waals surface area contributed by atoms with Crippen molar-refractivity contribution in [2.75, 3.05) is 0 Å². The lowest BCUT2D eigenvalue weighted by molar-refractivity contribution is 0.0942. The predicted octanol–water partition coefficient (Wildman–Crippen LogP) is 3.89. The van der Waals surface area contributed by atoms with Crippen molar-refractivity contribution in [3.05, 3.63) is 81.9 Å². The summed E-state index contributed by atoms with van der Waals surface area (Å²) in [5, 5.41) is 6.71. The Labute approximate surface area is 173 Å². The number of carbonyl (C=O) groups is 2. The van der Waals surface area contributed by atoms with Crippen molar-refractivity contribution in [2.45, 2.75) is 13.5 Å². The van der Waals surface area contributed by atoms with Crippen molar-refractivity contribution in [1.82, 2.24) is 20.4 Å². The number of ketones is 1. The van der Waals surface area contributed by atoms with Gasteiger partial charge in [0.2, 0.25) is 5.89 Å². The summed E-state index contributed by atoms with van der Waals surface area (Å²) in [4.78, 5) is 32.1. The van der Waals surface area contributed by atoms with Crippen LogP contribution in [0.4, 0.5) is 0 Å². The molecule has 8 nitrogen and oxygen atoms in total. The molecule has 0 aliphatic carbocycles. The molecule has 1 aromatic carbocycles. The van der Waals surface area contributed by atoms with E-state index in [1.165, 1.54) is 24.7 Å². The van der Waals surface area contributed by atoms with E-state index in [0.29, 0.717) is 28.5 Å². The second-order valence-corrected chi connectivity index (χ2v) is 7.12. The number of benzene rings is 1. The molecule has 0 spiro atoms. The summed E-state index contributed by atoms with van der Waals surface area (Å²) in [6, 6.07) is 8.90. The number of carbonyl (C=O) groups excluding carboxylic acids is 2. The van der Waals surface area contributed by atoms with E-state index in [1.807, 2.05) is 24.3 Å². The van der Waals surface area contributed by atoms with E-state index in [0.717, 1.165) is 10.0 Å². The van der Waals surface area contributed by atoms with E-state index >= 15 is 0 Å². The zero-order chi connectivity index (χ0) is 20.4. The monoisotopic (exact) mass is 454 g/mol. The highest BCUT2D eigenvalue weighted by atomic mass is 79.9. The summed E-state index contributed by atoms with van der Waals surface area (Å²) in [5.74, 6) is 0.131. The molecule has 146 valence electrons. The van der Waals surface area contributed by atoms with Gasteiger partial charge in [-0.05, 0) is 25.1 Å². The first-order valence-corrected chi connectivity index (χ1v) is 9.44. The van der Waals surface area contributed by atoms with Crippen LogP contribution in [0.1, 0.15) is 38.1 Å². The lowest BCUT2D eigenvalue weighted by Crippen LogP contribution is -2.23. The van der Waals surface area contributed by atoms with Crippen LogP contribution in [0, 0.1) is 6.92 Å². The van der Waals surface area contributed by atoms with Gasteiger partial charge < -0.3 is 19.2 Å². The first-order valence-electron chi connectivity index (χ1n) is 8.65. The van der Waals surface area contributed by atoms with Crippen molar-refractivity contribution < 1.29 is 18.5 Å². The molecule has 0 saturated heterocycles. The van der Waals surface area contributed by atoms with Gasteiger partial charge in [0.15, 0.2) is 5.78 Å². The van der Waals surface area contributed by atoms with Gasteiger partial charge >= 0.3 is 0 Å². The lowest BCUT2D eigenvalue weighted by atomic mass is 9.99. The molecule has 0 radical (unpaired) electrons. The molecule has 0 aliphatic rings. The van der Waals surface area contributed by atoms with Gasteiger partial charge in [0.05, 0.1) is 18.3 Å². The maximum atomic E-state index is 13.1. The molecule has 0 aliphatic heterocycles. The Morgan fingerprint density at radius 1 is 1.24 bits per heavy atom. The molecular weight excluding hydrogens is 440 g/mol. The van der Waals surface area contributed by atoms with Crippen LogP contribution < -0.4 is 5.32 Å². The molecule has 4 aromatic rings. The Morgan fingerprint density at radius 3 is 2.76 bits per heavy atom. The van der Waals surface area contributed by atoms with Gasteiger partial charge in [0.25, 0.3) is 5.91 Å². The zero-order valence-electron chi connectivity index (χ0n) is 15.2. The Balaban J connectivity index is 1.56. The maximum absolute atomic E-state index is 13.1. The van der Waals surface area contributed by atoms with Crippen LogP contribution in [0.2, 0.25) is 0 Å². The Bertz CT molecular complexity index is 1160. The van der Waals surface area contributed by atoms with Crippen molar-refractivity contribution in [3.8, 4) is 11.3 Å². The van der Waals surface area contributed by atoms with E-state index in [1.54, 1.807) is 6.92 Å². The Kier molecular flexibility index (Phi) is 5.13. The Hall–Kier alpha value is -3.46. The molecule has 0 atom stereocenters. The molecule has 4 rings (SSSR count). The SMILES string of the molecule is Cc1onc(-c2ccc(Br)cc2)c1C(=O)c1c[nH]c(C(=O)NCc2ncco2)c1. The number of H-pyrrole nitrogens is 1. The van der Waals surface area contributed by atoms with Gasteiger partial charge in [0, 0.05) is 21.8 Å². The third-order valence-corrected chi connectivity index (χ3v) is 4.81. The standard InChI is InChI=1S/C20H15BrN4O4/c1-11-17(18(25-29-11)12-2-4-14(21)5-3-12)19(26)13-8-15(23-9-13)20(27)24-10-16-22-6-7-28-16/h2-9,23H,10H2,1H3,(H,24,27). The first kappa shape index (κ1) is 18.9. The minimum atomic E-state index is -0.377. The molecule has 1 amide bonds. The summed E-state index contributed by atoms with van der Waals surface area (Å²) in [6.45, 7) is 1.83. The van der Waals surface area contributed by atoms with Crippen LogP contribution in [-0.2, 0) is 6.54 Å². The highest BCUT2D eigenvalue weighted by Gasteiger charge is 2.24. The van der Waals surface area contributed by atoms with E-state index in [9.17, 15) is 9.59 Å². The number of rotatable bonds is 6. The molecule has 29 heavy (non-hydrogen) atoms. The van der Waals surface area contributed by atoms with Gasteiger partial charge in [-0.25, -0.2) is 4.98 Å². The fraction of sp³-hybridized carbons (Fsp3) is 0.100. The highest BCUT2D eigenvalue weighted by Crippen LogP contribution is 2.28. The molecule has 0 bridgehead atoms. The quantitative estimate of drug-likeness (QED) is 0.427. The number of hydrogen-bond donors (Lipinski definition) is 2. The fourth-order valence-electron chi connectivity index (χ4n) is 2.84. The number of oxazole rings is 1. The van der Waals surface area contributed by atoms with E-state index in [4.69, 9.17) is 8.94 Å². The average Bonchev–Trinajstić information content (AvgIpc) is 3.47. The smallest absolute Gasteiger partial charge is 0.268 e. The maximum Gasteiger partial charge on any atom is 0.268 e. The topological polar surface area (TPSA) is 114 Å². The highest BCUT2D eigenvalue weighted by molar-refractivity contribution is 9.10. The molecule has 0 saturated carbocycles. The minimum Gasteiger partial charge on any atom is -0.447 e. The number of nitrogens with zero attached hydrogens (tertiary/aromatic N) is 2. The minimum absolute atomic E-state index is 0.145. The average molecular weight is 455 g/mol. The number of aryl methyl sites for hydroxylation is 1. The zero-order valence-corrected chi connectivity index (χ0v) is 16.8. The van der Waals surface area contributed by atoms with Gasteiger partial charge in [-0.3, -0.25) is 9.59 Å². The second-order valence-electron chi connectivity index (χ2n) is 6.21. The summed E-state index contributed by atoms with van der Waals surface area (Å²) in [7, 11) is 0. The predicted molar refractivity (Wildman–Crippen MR) is 106 cm³/mol. The third kappa shape index (κ3) is 3.90. The molecular formula is C20H15BrN4O4. The summed E-state index contributed by atoms with van der Waals surface area (Å²) in [6.07, 6.45) is 4.41. The van der Waals surface area contributed by atoms with Crippen LogP contribution in [-0.4, -0.2) is 26.8 Å². The second kappa shape index (κ2) is 7.88. The summed E-state index contributed by atoms with van der Waals surface area (Å²) in [5.41, 5.74) is 2.15. The molecule has 3 heterocycles. The van der Waals surface area contributed by atoms with Crippen LogP contribution in [0.5, 0.6) is 0 Å². The number of aromatic amines is 1. The van der Waals surface area contributed by atoms with Crippen molar-refractivity contribution in [2.24, 2.45) is 0 Å². The van der Waals surface area contributed by atoms with Gasteiger partial charge in [0.1, 0.15) is 23.4 Å². The largest absolute Gasteiger partial charge is 0.447 e. The van der Waals surface area contributed by atoms with Crippen LogP contribution in [0.25, 0.3) is 11.3 Å². The van der Waals surface area contributed by atoms with Gasteiger partial charge in [-0.2, -0.15) is 0 Å². The van der Waals surface area contributed by atoms with Gasteiger partial charge in [-0.15, -0.1) is 0 Å². The molecule has 3 aromatic heterocycles. The van der Waals surface area contributed by atoms with Crippen molar-refractivity contribution in [3.63, 3.8) is 0 Å². The van der Waals surface area contributed by atoms with E-state index in [-0.39, 0.29) is 23.9 Å². The van der Waals surface area contributed by atoms with E-state index < -0.39 is 0 Å². The first-order chi connectivity index (χ1) is 14.0. The number of hydrogen-bond acceptors (Lipinski definition) is 6. The number of nitrogens with one attached hydrogen (secondary N) is 2. The normalized spacial score (nSPS) is 10.8. The molecule has 2 N–H and O–H groups in total. The van der Waals surface area contributed by atoms with Gasteiger partial charge in [-0.1, -0.05) is 33.2 Å². The molecule has 9 heteroatoms. The Morgan fingerprint density at radius 2 is 2.03 bits per heavy atom. The summed E-state index contributed by atoms with van der Waals surface area (Å²) < 4.78 is 11.3. The number of amides is 1. The molecule has 0 fully saturated rings. The number of aromatic nitrogens is 3. The summed E-state index contributed by atoms with van der Waals surface area (Å²) >= 11 is 3.39. The lowest BCUT2D eigenvalue weighted by Gasteiger charge is -2.01. The van der Waals surface area contributed by atoms with E-state index in [2.05, 4.69) is 36.4 Å². The fourth-order valence-corrected chi connectivity index (χ4v) is 3.10. The van der Waals surface area contributed by atoms with Crippen molar-refractivity contribution >= 4 is 27.6 Å².